The van der Waals surface area contributed by atoms with E-state index >= 15 is 0 Å². The highest BCUT2D eigenvalue weighted by Gasteiger charge is 1.96. The Kier molecular flexibility index (Phi) is 2.89. The summed E-state index contributed by atoms with van der Waals surface area (Å²) in [6.07, 6.45) is 0. The summed E-state index contributed by atoms with van der Waals surface area (Å²) in [5.41, 5.74) is 8.59. The van der Waals surface area contributed by atoms with Crippen molar-refractivity contribution in [3.8, 4) is 5.75 Å². The number of rotatable bonds is 2. The highest BCUT2D eigenvalue weighted by Crippen LogP contribution is 2.17. The summed E-state index contributed by atoms with van der Waals surface area (Å²) in [5.74, 6) is 0.0564. The predicted molar refractivity (Wildman–Crippen MR) is 46.6 cm³/mol. The van der Waals surface area contributed by atoms with E-state index in [9.17, 15) is 4.79 Å². The number of nitrogens with zero attached hydrogens (tertiary/aromatic N) is 3. The summed E-state index contributed by atoms with van der Waals surface area (Å²) in [4.78, 5) is 13.1. The maximum Gasteiger partial charge on any atom is 0.308 e. The van der Waals surface area contributed by atoms with E-state index in [0.717, 1.165) is 0 Å². The molecule has 5 nitrogen and oxygen atoms in total. The first-order valence-corrected chi connectivity index (χ1v) is 3.56. The average Bonchev–Trinajstić information content (AvgIpc) is 2.08. The van der Waals surface area contributed by atoms with Crippen LogP contribution in [0.1, 0.15) is 6.92 Å². The van der Waals surface area contributed by atoms with Gasteiger partial charge in [-0.3, -0.25) is 4.79 Å². The fourth-order valence-corrected chi connectivity index (χ4v) is 0.798. The third-order valence-electron chi connectivity index (χ3n) is 1.26. The Hall–Kier alpha value is -2.00. The first-order valence-electron chi connectivity index (χ1n) is 3.56. The van der Waals surface area contributed by atoms with E-state index in [4.69, 9.17) is 10.3 Å². The van der Waals surface area contributed by atoms with Crippen molar-refractivity contribution in [2.45, 2.75) is 6.92 Å². The van der Waals surface area contributed by atoms with Crippen LogP contribution in [0.3, 0.4) is 0 Å². The number of esters is 1. The van der Waals surface area contributed by atoms with Gasteiger partial charge >= 0.3 is 5.97 Å². The Morgan fingerprint density at radius 2 is 2.08 bits per heavy atom. The van der Waals surface area contributed by atoms with Crippen LogP contribution in [0.5, 0.6) is 5.75 Å². The molecule has 0 radical (unpaired) electrons. The molecule has 1 aromatic carbocycles. The molecule has 0 spiro atoms. The zero-order valence-electron chi connectivity index (χ0n) is 6.97. The molecule has 0 fully saturated rings. The van der Waals surface area contributed by atoms with Gasteiger partial charge in [-0.2, -0.15) is 0 Å². The van der Waals surface area contributed by atoms with E-state index in [1.54, 1.807) is 24.3 Å². The third-order valence-corrected chi connectivity index (χ3v) is 1.26. The van der Waals surface area contributed by atoms with Crippen LogP contribution in [-0.4, -0.2) is 5.97 Å². The van der Waals surface area contributed by atoms with E-state index in [1.165, 1.54) is 6.92 Å². The lowest BCUT2D eigenvalue weighted by atomic mass is 10.3. The quantitative estimate of drug-likeness (QED) is 0.229. The van der Waals surface area contributed by atoms with Gasteiger partial charge in [-0.05, 0) is 29.8 Å². The van der Waals surface area contributed by atoms with Gasteiger partial charge in [-0.1, -0.05) is 5.11 Å². The summed E-state index contributed by atoms with van der Waals surface area (Å²) < 4.78 is 4.77. The van der Waals surface area contributed by atoms with Gasteiger partial charge in [0.25, 0.3) is 0 Å². The number of benzene rings is 1. The SMILES string of the molecule is CC(=O)Oc1ccc(N=[N+]=[N-])cc1. The molecule has 0 saturated heterocycles. The summed E-state index contributed by atoms with van der Waals surface area (Å²) in [6.45, 7) is 1.32. The fourth-order valence-electron chi connectivity index (χ4n) is 0.798. The molecular formula is C8H7N3O2. The number of azide groups is 1. The lowest BCUT2D eigenvalue weighted by Crippen LogP contribution is -2.00. The first kappa shape index (κ1) is 9.09. The van der Waals surface area contributed by atoms with Crippen LogP contribution in [0, 0.1) is 0 Å². The molecule has 0 aromatic heterocycles. The van der Waals surface area contributed by atoms with Gasteiger partial charge in [0.1, 0.15) is 5.75 Å². The molecule has 1 aromatic rings. The van der Waals surface area contributed by atoms with Gasteiger partial charge in [0.05, 0.1) is 0 Å². The molecule has 0 N–H and O–H groups in total. The smallest absolute Gasteiger partial charge is 0.308 e. The second-order valence-corrected chi connectivity index (χ2v) is 2.28. The molecule has 13 heavy (non-hydrogen) atoms. The van der Waals surface area contributed by atoms with E-state index < -0.39 is 0 Å². The summed E-state index contributed by atoms with van der Waals surface area (Å²) in [6, 6.07) is 6.26. The van der Waals surface area contributed by atoms with Crippen LogP contribution in [-0.2, 0) is 4.79 Å². The Bertz CT molecular complexity index is 352. The van der Waals surface area contributed by atoms with Gasteiger partial charge in [0.15, 0.2) is 0 Å². The number of hydrogen-bond donors (Lipinski definition) is 0. The van der Waals surface area contributed by atoms with Gasteiger partial charge in [0.2, 0.25) is 0 Å². The minimum Gasteiger partial charge on any atom is -0.427 e. The minimum atomic E-state index is -0.378. The summed E-state index contributed by atoms with van der Waals surface area (Å²) in [7, 11) is 0. The predicted octanol–water partition coefficient (Wildman–Crippen LogP) is 2.55. The van der Waals surface area contributed by atoms with Crippen molar-refractivity contribution in [1.82, 2.24) is 0 Å². The monoisotopic (exact) mass is 177 g/mol. The van der Waals surface area contributed by atoms with E-state index in [0.29, 0.717) is 11.4 Å². The molecule has 0 atom stereocenters. The van der Waals surface area contributed by atoms with Crippen molar-refractivity contribution >= 4 is 11.7 Å². The van der Waals surface area contributed by atoms with Crippen LogP contribution < -0.4 is 4.74 Å². The molecule has 0 amide bonds. The average molecular weight is 177 g/mol. The number of carbonyl (C=O) groups excluding carboxylic acids is 1. The van der Waals surface area contributed by atoms with Gasteiger partial charge < -0.3 is 4.74 Å². The lowest BCUT2D eigenvalue weighted by Gasteiger charge is -1.99. The van der Waals surface area contributed by atoms with Crippen LogP contribution in [0.4, 0.5) is 5.69 Å². The Labute approximate surface area is 74.6 Å². The second kappa shape index (κ2) is 4.13. The standard InChI is InChI=1S/C8H7N3O2/c1-6(12)13-8-4-2-7(3-5-8)10-11-9/h2-5H,1H3. The normalized spacial score (nSPS) is 8.69. The molecule has 0 unspecified atom stereocenters. The molecular weight excluding hydrogens is 170 g/mol. The fraction of sp³-hybridized carbons (Fsp3) is 0.125. The number of hydrogen-bond acceptors (Lipinski definition) is 3. The zero-order valence-corrected chi connectivity index (χ0v) is 6.97. The molecule has 0 bridgehead atoms. The Balaban J connectivity index is 2.80. The van der Waals surface area contributed by atoms with Crippen molar-refractivity contribution in [1.29, 1.82) is 0 Å². The van der Waals surface area contributed by atoms with Crippen LogP contribution >= 0.6 is 0 Å². The van der Waals surface area contributed by atoms with Crippen molar-refractivity contribution in [2.75, 3.05) is 0 Å². The molecule has 0 aliphatic rings. The summed E-state index contributed by atoms with van der Waals surface area (Å²) >= 11 is 0. The topological polar surface area (TPSA) is 75.1 Å². The zero-order chi connectivity index (χ0) is 9.68. The third kappa shape index (κ3) is 2.84. The minimum absolute atomic E-state index is 0.378. The molecule has 0 heterocycles. The van der Waals surface area contributed by atoms with E-state index in [1.807, 2.05) is 0 Å². The molecule has 0 aliphatic heterocycles. The molecule has 5 heteroatoms. The van der Waals surface area contributed by atoms with Gasteiger partial charge in [0, 0.05) is 17.5 Å². The molecule has 0 aliphatic carbocycles. The van der Waals surface area contributed by atoms with E-state index in [-0.39, 0.29) is 5.97 Å². The van der Waals surface area contributed by atoms with Crippen molar-refractivity contribution in [3.05, 3.63) is 34.7 Å². The van der Waals surface area contributed by atoms with Crippen molar-refractivity contribution in [3.63, 3.8) is 0 Å². The van der Waals surface area contributed by atoms with Gasteiger partial charge in [-0.15, -0.1) is 0 Å². The van der Waals surface area contributed by atoms with E-state index in [2.05, 4.69) is 10.0 Å². The largest absolute Gasteiger partial charge is 0.427 e. The Morgan fingerprint density at radius 1 is 1.46 bits per heavy atom. The highest BCUT2D eigenvalue weighted by atomic mass is 16.5. The van der Waals surface area contributed by atoms with Crippen LogP contribution in [0.25, 0.3) is 10.4 Å². The number of ether oxygens (including phenoxy) is 1. The maximum atomic E-state index is 10.5. The van der Waals surface area contributed by atoms with Crippen molar-refractivity contribution < 1.29 is 9.53 Å². The van der Waals surface area contributed by atoms with Gasteiger partial charge in [-0.25, -0.2) is 0 Å². The lowest BCUT2D eigenvalue weighted by molar-refractivity contribution is -0.131. The first-order chi connectivity index (χ1) is 6.22. The highest BCUT2D eigenvalue weighted by molar-refractivity contribution is 5.69. The molecule has 66 valence electrons. The summed E-state index contributed by atoms with van der Waals surface area (Å²) in [5, 5.41) is 3.37. The number of carbonyl (C=O) groups is 1. The van der Waals surface area contributed by atoms with Crippen LogP contribution in [0.2, 0.25) is 0 Å². The molecule has 0 saturated carbocycles. The van der Waals surface area contributed by atoms with Crippen molar-refractivity contribution in [2.24, 2.45) is 5.11 Å². The maximum absolute atomic E-state index is 10.5. The van der Waals surface area contributed by atoms with Crippen LogP contribution in [0.15, 0.2) is 29.4 Å². The second-order valence-electron chi connectivity index (χ2n) is 2.28. The molecule has 1 rings (SSSR count). The Morgan fingerprint density at radius 3 is 2.54 bits per heavy atom.